The molecular weight excluding hydrogens is 402 g/mol. The minimum Gasteiger partial charge on any atom is -0.349 e. The molecule has 7 nitrogen and oxygen atoms in total. The number of carbonyl (C=O) groups excluding carboxylic acids is 1. The molecule has 5 rings (SSSR count). The van der Waals surface area contributed by atoms with Gasteiger partial charge in [-0.2, -0.15) is 0 Å². The van der Waals surface area contributed by atoms with Crippen LogP contribution in [-0.4, -0.2) is 31.6 Å². The summed E-state index contributed by atoms with van der Waals surface area (Å²) in [6, 6.07) is 14.0. The Kier molecular flexibility index (Phi) is 4.96. The molecule has 32 heavy (non-hydrogen) atoms. The number of nitrogens with one attached hydrogen (secondary N) is 2. The normalized spacial score (nSPS) is 13.6. The van der Waals surface area contributed by atoms with Gasteiger partial charge >= 0.3 is 5.69 Å². The molecule has 2 N–H and O–H groups in total. The lowest BCUT2D eigenvalue weighted by molar-refractivity contribution is 0.0942. The molecule has 1 amide bonds. The first kappa shape index (κ1) is 20.3. The molecular formula is C25H27N5O2. The Morgan fingerprint density at radius 1 is 1.16 bits per heavy atom. The highest BCUT2D eigenvalue weighted by Gasteiger charge is 2.24. The zero-order chi connectivity index (χ0) is 22.4. The number of carbonyl (C=O) groups is 1. The summed E-state index contributed by atoms with van der Waals surface area (Å²) >= 11 is 0. The third-order valence-electron chi connectivity index (χ3n) is 6.21. The molecule has 2 heterocycles. The van der Waals surface area contributed by atoms with Crippen LogP contribution in [0.1, 0.15) is 35.9 Å². The van der Waals surface area contributed by atoms with Gasteiger partial charge in [0.2, 0.25) is 0 Å². The largest absolute Gasteiger partial charge is 0.349 e. The van der Waals surface area contributed by atoms with Crippen LogP contribution in [0.4, 0.5) is 0 Å². The molecule has 0 aliphatic heterocycles. The highest BCUT2D eigenvalue weighted by atomic mass is 16.2. The minimum atomic E-state index is -0.192. The van der Waals surface area contributed by atoms with E-state index in [0.29, 0.717) is 24.8 Å². The summed E-state index contributed by atoms with van der Waals surface area (Å²) in [7, 11) is 1.78. The lowest BCUT2D eigenvalue weighted by atomic mass is 10.0. The molecule has 0 saturated heterocycles. The second kappa shape index (κ2) is 7.82. The average Bonchev–Trinajstić information content (AvgIpc) is 3.47. The molecule has 1 aliphatic rings. The van der Waals surface area contributed by atoms with E-state index < -0.39 is 0 Å². The van der Waals surface area contributed by atoms with Crippen molar-refractivity contribution in [1.29, 1.82) is 0 Å². The first-order valence-electron chi connectivity index (χ1n) is 11.1. The number of hydrogen-bond acceptors (Lipinski definition) is 3. The van der Waals surface area contributed by atoms with Crippen molar-refractivity contribution in [3.8, 4) is 22.5 Å². The molecule has 2 aromatic heterocycles. The zero-order valence-corrected chi connectivity index (χ0v) is 18.6. The highest BCUT2D eigenvalue weighted by molar-refractivity contribution is 5.94. The number of nitrogens with zero attached hydrogens (tertiary/aromatic N) is 3. The van der Waals surface area contributed by atoms with Gasteiger partial charge in [0.05, 0.1) is 22.4 Å². The Bertz CT molecular complexity index is 1390. The molecule has 0 radical (unpaired) electrons. The fourth-order valence-corrected chi connectivity index (χ4v) is 4.20. The van der Waals surface area contributed by atoms with Crippen molar-refractivity contribution in [3.05, 3.63) is 64.3 Å². The van der Waals surface area contributed by atoms with E-state index in [2.05, 4.69) is 16.4 Å². The Balaban J connectivity index is 1.63. The van der Waals surface area contributed by atoms with Crippen LogP contribution in [0.2, 0.25) is 0 Å². The van der Waals surface area contributed by atoms with E-state index >= 15 is 0 Å². The number of aromatic nitrogens is 4. The molecule has 1 saturated carbocycles. The Hall–Kier alpha value is -3.61. The molecule has 164 valence electrons. The van der Waals surface area contributed by atoms with E-state index in [1.54, 1.807) is 16.2 Å². The second-order valence-corrected chi connectivity index (χ2v) is 8.62. The Morgan fingerprint density at radius 3 is 2.69 bits per heavy atom. The van der Waals surface area contributed by atoms with E-state index in [0.717, 1.165) is 39.1 Å². The Labute approximate surface area is 186 Å². The number of imidazole rings is 2. The van der Waals surface area contributed by atoms with E-state index in [4.69, 9.17) is 4.98 Å². The van der Waals surface area contributed by atoms with Crippen LogP contribution in [0.3, 0.4) is 0 Å². The molecule has 0 atom stereocenters. The van der Waals surface area contributed by atoms with Crippen LogP contribution in [0.15, 0.2) is 47.3 Å². The van der Waals surface area contributed by atoms with Crippen molar-refractivity contribution in [1.82, 2.24) is 24.4 Å². The average molecular weight is 430 g/mol. The molecule has 0 spiro atoms. The number of benzene rings is 2. The summed E-state index contributed by atoms with van der Waals surface area (Å²) in [6.07, 6.45) is 2.35. The van der Waals surface area contributed by atoms with Crippen molar-refractivity contribution in [2.24, 2.45) is 13.0 Å². The number of hydrogen-bond donors (Lipinski definition) is 2. The molecule has 4 aromatic rings. The highest BCUT2D eigenvalue weighted by Crippen LogP contribution is 2.32. The molecule has 1 aliphatic carbocycles. The fourth-order valence-electron chi connectivity index (χ4n) is 4.20. The number of fused-ring (bicyclic) bond motifs is 1. The van der Waals surface area contributed by atoms with Gasteiger partial charge < -0.3 is 10.3 Å². The van der Waals surface area contributed by atoms with Gasteiger partial charge in [0, 0.05) is 31.3 Å². The smallest absolute Gasteiger partial charge is 0.328 e. The minimum absolute atomic E-state index is 0.0386. The maximum Gasteiger partial charge on any atom is 0.328 e. The van der Waals surface area contributed by atoms with Crippen molar-refractivity contribution in [2.75, 3.05) is 6.54 Å². The number of H-pyrrole nitrogens is 1. The topological polar surface area (TPSA) is 84.7 Å². The lowest BCUT2D eigenvalue weighted by Crippen LogP contribution is -2.26. The maximum absolute atomic E-state index is 12.8. The standard InChI is InChI=1S/C25H27N5O2/c1-4-30-19-11-10-18(13-20(19)29(3)25(30)32)22-21(17-7-5-6-15(2)12-17)27-23(28-22)24(31)26-14-16-8-9-16/h5-7,10-13,16H,4,8-9,14H2,1-3H3,(H,26,31)(H,27,28). The van der Waals surface area contributed by atoms with Gasteiger partial charge in [-0.3, -0.25) is 13.9 Å². The van der Waals surface area contributed by atoms with E-state index in [1.807, 2.05) is 50.2 Å². The maximum atomic E-state index is 12.8. The predicted octanol–water partition coefficient (Wildman–Crippen LogP) is 3.87. The van der Waals surface area contributed by atoms with Gasteiger partial charge in [-0.25, -0.2) is 9.78 Å². The van der Waals surface area contributed by atoms with Gasteiger partial charge in [-0.1, -0.05) is 29.8 Å². The molecule has 7 heteroatoms. The van der Waals surface area contributed by atoms with E-state index in [9.17, 15) is 9.59 Å². The van der Waals surface area contributed by atoms with Gasteiger partial charge in [0.15, 0.2) is 5.82 Å². The number of amides is 1. The zero-order valence-electron chi connectivity index (χ0n) is 18.6. The summed E-state index contributed by atoms with van der Waals surface area (Å²) in [5.41, 5.74) is 6.14. The number of rotatable bonds is 6. The predicted molar refractivity (Wildman–Crippen MR) is 126 cm³/mol. The fraction of sp³-hybridized carbons (Fsp3) is 0.320. The third-order valence-corrected chi connectivity index (χ3v) is 6.21. The Morgan fingerprint density at radius 2 is 1.97 bits per heavy atom. The van der Waals surface area contributed by atoms with E-state index in [1.165, 1.54) is 12.8 Å². The van der Waals surface area contributed by atoms with Crippen LogP contribution >= 0.6 is 0 Å². The molecule has 1 fully saturated rings. The second-order valence-electron chi connectivity index (χ2n) is 8.62. The first-order chi connectivity index (χ1) is 15.5. The monoisotopic (exact) mass is 429 g/mol. The summed E-state index contributed by atoms with van der Waals surface area (Å²) in [6.45, 7) is 5.30. The summed E-state index contributed by atoms with van der Waals surface area (Å²) in [5.74, 6) is 0.704. The van der Waals surface area contributed by atoms with Crippen LogP contribution < -0.4 is 11.0 Å². The van der Waals surface area contributed by atoms with E-state index in [-0.39, 0.29) is 11.6 Å². The van der Waals surface area contributed by atoms with Crippen LogP contribution in [0.5, 0.6) is 0 Å². The van der Waals surface area contributed by atoms with Gasteiger partial charge in [0.25, 0.3) is 5.91 Å². The molecule has 0 unspecified atom stereocenters. The quantitative estimate of drug-likeness (QED) is 0.488. The summed E-state index contributed by atoms with van der Waals surface area (Å²) in [4.78, 5) is 33.3. The van der Waals surface area contributed by atoms with Crippen molar-refractivity contribution >= 4 is 16.9 Å². The van der Waals surface area contributed by atoms with Gasteiger partial charge in [-0.05, 0) is 50.8 Å². The van der Waals surface area contributed by atoms with Crippen LogP contribution in [0, 0.1) is 12.8 Å². The summed E-state index contributed by atoms with van der Waals surface area (Å²) in [5, 5.41) is 2.99. The lowest BCUT2D eigenvalue weighted by Gasteiger charge is -2.06. The van der Waals surface area contributed by atoms with Gasteiger partial charge in [0.1, 0.15) is 0 Å². The summed E-state index contributed by atoms with van der Waals surface area (Å²) < 4.78 is 3.42. The SMILES string of the molecule is CCn1c(=O)n(C)c2cc(-c3[nH]c(C(=O)NCC4CC4)nc3-c3cccc(C)c3)ccc21. The molecule has 2 aromatic carbocycles. The van der Waals surface area contributed by atoms with Crippen LogP contribution in [0.25, 0.3) is 33.5 Å². The molecule has 0 bridgehead atoms. The van der Waals surface area contributed by atoms with Crippen molar-refractivity contribution in [2.45, 2.75) is 33.2 Å². The third kappa shape index (κ3) is 3.53. The van der Waals surface area contributed by atoms with Crippen LogP contribution in [-0.2, 0) is 13.6 Å². The van der Waals surface area contributed by atoms with Crippen molar-refractivity contribution in [3.63, 3.8) is 0 Å². The number of aromatic amines is 1. The van der Waals surface area contributed by atoms with Crippen molar-refractivity contribution < 1.29 is 4.79 Å². The first-order valence-corrected chi connectivity index (χ1v) is 11.1. The number of aryl methyl sites for hydroxylation is 3. The van der Waals surface area contributed by atoms with Gasteiger partial charge in [-0.15, -0.1) is 0 Å².